The SMILES string of the molecule is B12[Si]3[Si]4[Si]1[Si]1[Si]5[Si]2[Si]3[Si]5[Si]41. The van der Waals surface area contributed by atoms with Crippen LogP contribution in [0.1, 0.15) is 0 Å². The smallest absolute Gasteiger partial charge is 0.0220 e. The van der Waals surface area contributed by atoms with Gasteiger partial charge in [0.1, 0.15) is 0 Å². The van der Waals surface area contributed by atoms with Gasteiger partial charge in [0.15, 0.2) is 0 Å². The van der Waals surface area contributed by atoms with E-state index in [2.05, 4.69) is 0 Å². The molecule has 9 radical (unpaired) electrons. The van der Waals surface area contributed by atoms with Gasteiger partial charge in [-0.05, 0) is 67.2 Å². The summed E-state index contributed by atoms with van der Waals surface area (Å²) >= 11 is 0. The minimum Gasteiger partial charge on any atom is -0.0220 e. The van der Waals surface area contributed by atoms with Crippen LogP contribution in [0.25, 0.3) is 0 Å². The zero-order chi connectivity index (χ0) is 5.77. The fraction of sp³-hybridized carbons (Fsp3) is 0. The lowest BCUT2D eigenvalue weighted by atomic mass is 10.6. The molecule has 0 aromatic rings. The molecule has 0 N–H and O–H groups in total. The third-order valence-corrected chi connectivity index (χ3v) is 229. The summed E-state index contributed by atoms with van der Waals surface area (Å²) in [5.74, 6) is 0. The van der Waals surface area contributed by atoms with E-state index in [1.165, 1.54) is 0 Å². The van der Waals surface area contributed by atoms with Crippen molar-refractivity contribution in [1.82, 2.24) is 0 Å². The first-order valence-corrected chi connectivity index (χ1v) is 29.6. The molecule has 10 heteroatoms. The summed E-state index contributed by atoms with van der Waals surface area (Å²) in [4.78, 5) is 0. The standard InChI is InChI=1S/BSi9/c1-2-5-3(1)7-8-4(1)6(2)10(8)9(5)7. The molecule has 5 fully saturated rings. The van der Waals surface area contributed by atoms with Crippen LogP contribution in [0.5, 0.6) is 0 Å². The highest BCUT2D eigenvalue weighted by molar-refractivity contribution is 8.76. The highest BCUT2D eigenvalue weighted by Crippen LogP contribution is 2.63. The zero-order valence-corrected chi connectivity index (χ0v) is 14.1. The van der Waals surface area contributed by atoms with E-state index in [0.717, 1.165) is 67.2 Å². The normalized spacial score (nSPS) is 52.2. The van der Waals surface area contributed by atoms with E-state index < -0.39 is 0 Å². The maximum absolute atomic E-state index is 1.87. The van der Waals surface area contributed by atoms with Crippen molar-refractivity contribution in [3.63, 3.8) is 0 Å². The van der Waals surface area contributed by atoms with Crippen LogP contribution in [0.4, 0.5) is 0 Å². The number of hydrogen-bond donors (Lipinski definition) is 0. The Balaban J connectivity index is 1.89. The fourth-order valence-corrected chi connectivity index (χ4v) is 545. The quantitative estimate of drug-likeness (QED) is 0.393. The molecule has 0 aromatic carbocycles. The van der Waals surface area contributed by atoms with Gasteiger partial charge in [0, 0.05) is 0 Å². The second-order valence-electron chi connectivity index (χ2n) is 3.92. The van der Waals surface area contributed by atoms with Gasteiger partial charge in [-0.15, -0.1) is 0 Å². The van der Waals surface area contributed by atoms with E-state index in [9.17, 15) is 0 Å². The Morgan fingerprint density at radius 1 is 0.500 bits per heavy atom. The van der Waals surface area contributed by atoms with Gasteiger partial charge in [-0.1, -0.05) is 0 Å². The van der Waals surface area contributed by atoms with Crippen LogP contribution >= 0.6 is 0 Å². The molecule has 5 heterocycles. The Labute approximate surface area is 72.2 Å². The van der Waals surface area contributed by atoms with Gasteiger partial charge in [0.25, 0.3) is 0 Å². The van der Waals surface area contributed by atoms with E-state index in [1.807, 2.05) is 5.49 Å². The molecule has 0 atom stereocenters. The highest BCUT2D eigenvalue weighted by atomic mass is 30.9. The maximum Gasteiger partial charge on any atom is 0.0971 e. The van der Waals surface area contributed by atoms with Crippen molar-refractivity contribution in [3.8, 4) is 0 Å². The largest absolute Gasteiger partial charge is 0.0971 e. The summed E-state index contributed by atoms with van der Waals surface area (Å²) in [6, 6.07) is 0. The number of fused-ring (bicyclic) bond motifs is 15. The van der Waals surface area contributed by atoms with E-state index >= 15 is 0 Å². The van der Waals surface area contributed by atoms with Crippen LogP contribution in [-0.2, 0) is 0 Å². The molecule has 5 rings (SSSR count). The second kappa shape index (κ2) is 1.08. The van der Waals surface area contributed by atoms with Crippen LogP contribution in [0.15, 0.2) is 0 Å². The Morgan fingerprint density at radius 2 is 1.00 bits per heavy atom. The van der Waals surface area contributed by atoms with E-state index in [0.29, 0.717) is 0 Å². The first kappa shape index (κ1) is 5.04. The van der Waals surface area contributed by atoms with Gasteiger partial charge < -0.3 is 0 Å². The summed E-state index contributed by atoms with van der Waals surface area (Å²) in [6.07, 6.45) is 0. The van der Waals surface area contributed by atoms with E-state index in [-0.39, 0.29) is 0 Å². The molecule has 5 aliphatic heterocycles. The average Bonchev–Trinajstić information content (AvgIpc) is 2.47. The first-order chi connectivity index (χ1) is 5.00. The van der Waals surface area contributed by atoms with Crippen LogP contribution in [0.3, 0.4) is 0 Å². The molecule has 0 unspecified atom stereocenters. The van der Waals surface area contributed by atoms with Crippen LogP contribution < -0.4 is 0 Å². The van der Waals surface area contributed by atoms with Crippen molar-refractivity contribution < 1.29 is 0 Å². The predicted octanol–water partition coefficient (Wildman–Crippen LogP) is -3.81. The number of rotatable bonds is 0. The molecule has 0 aromatic heterocycles. The molecule has 0 saturated carbocycles. The van der Waals surface area contributed by atoms with Crippen molar-refractivity contribution in [1.29, 1.82) is 0 Å². The molecule has 0 amide bonds. The first-order valence-electron chi connectivity index (χ1n) is 3.87. The van der Waals surface area contributed by atoms with Crippen LogP contribution in [-0.4, -0.2) is 72.7 Å². The molecule has 5 saturated heterocycles. The summed E-state index contributed by atoms with van der Waals surface area (Å²) < 4.78 is 0. The Morgan fingerprint density at radius 3 is 1.60 bits per heavy atom. The molecule has 10 heavy (non-hydrogen) atoms. The molecule has 0 spiro atoms. The molecular formula is BSi9. The van der Waals surface area contributed by atoms with Crippen molar-refractivity contribution in [2.75, 3.05) is 0 Å². The maximum atomic E-state index is 1.87. The lowest BCUT2D eigenvalue weighted by Crippen LogP contribution is -3.00. The molecule has 0 aliphatic carbocycles. The summed E-state index contributed by atoms with van der Waals surface area (Å²) in [7, 11) is 7.80. The van der Waals surface area contributed by atoms with Crippen LogP contribution in [0, 0.1) is 0 Å². The zero-order valence-electron chi connectivity index (χ0n) is 5.08. The molecule has 0 bridgehead atoms. The van der Waals surface area contributed by atoms with Gasteiger partial charge in [0.2, 0.25) is 0 Å². The summed E-state index contributed by atoms with van der Waals surface area (Å²) in [6.45, 7) is 0. The minimum absolute atomic E-state index is 0.824. The van der Waals surface area contributed by atoms with Crippen molar-refractivity contribution in [2.24, 2.45) is 0 Å². The fourth-order valence-electron chi connectivity index (χ4n) is 3.70. The molecule has 5 aliphatic rings. The monoisotopic (exact) mass is 263 g/mol. The van der Waals surface area contributed by atoms with Crippen molar-refractivity contribution >= 4 is 72.7 Å². The lowest BCUT2D eigenvalue weighted by molar-refractivity contribution is 3.14. The molecular weight excluding hydrogens is 264 g/mol. The third-order valence-electron chi connectivity index (χ3n) is 3.98. The van der Waals surface area contributed by atoms with Crippen LogP contribution in [0.2, 0.25) is 0 Å². The topological polar surface area (TPSA) is 0 Å². The molecule has 0 nitrogen and oxygen atoms in total. The Bertz CT molecular complexity index is 152. The summed E-state index contributed by atoms with van der Waals surface area (Å²) in [5.41, 5.74) is 1.87. The Kier molecular flexibility index (Phi) is 0.543. The van der Waals surface area contributed by atoms with Gasteiger partial charge in [-0.25, -0.2) is 0 Å². The van der Waals surface area contributed by atoms with Crippen molar-refractivity contribution in [2.45, 2.75) is 0 Å². The highest BCUT2D eigenvalue weighted by Gasteiger charge is 3.01. The van der Waals surface area contributed by atoms with Gasteiger partial charge in [-0.3, -0.25) is 0 Å². The van der Waals surface area contributed by atoms with Gasteiger partial charge in [0.05, 0.1) is 5.49 Å². The minimum atomic E-state index is 0.824. The summed E-state index contributed by atoms with van der Waals surface area (Å²) in [5, 5.41) is 0. The Hall–Kier alpha value is 2.02. The van der Waals surface area contributed by atoms with Gasteiger partial charge >= 0.3 is 0 Å². The van der Waals surface area contributed by atoms with E-state index in [1.54, 1.807) is 0 Å². The predicted molar refractivity (Wildman–Crippen MR) is 57.5 cm³/mol. The second-order valence-corrected chi connectivity index (χ2v) is 82.6. The van der Waals surface area contributed by atoms with Crippen molar-refractivity contribution in [3.05, 3.63) is 0 Å². The number of hydrogen-bond acceptors (Lipinski definition) is 0. The molecule has 39 valence electrons. The van der Waals surface area contributed by atoms with E-state index in [4.69, 9.17) is 0 Å². The average molecular weight is 264 g/mol. The van der Waals surface area contributed by atoms with Gasteiger partial charge in [-0.2, -0.15) is 0 Å². The third kappa shape index (κ3) is 0.212. The lowest BCUT2D eigenvalue weighted by Gasteiger charge is -2.62.